The Labute approximate surface area is 214 Å². The SMILES string of the molecule is CN1CC(CN2C(=O)C3CC(S(=O)(=O)NC4(C)CC4)CCC3N(CC3CCS(=O)(=O)CC3)C2=O)CN1. The van der Waals surface area contributed by atoms with Crippen LogP contribution >= 0.6 is 0 Å². The molecule has 2 aliphatic carbocycles. The van der Waals surface area contributed by atoms with Crippen molar-refractivity contribution in [2.24, 2.45) is 17.8 Å². The summed E-state index contributed by atoms with van der Waals surface area (Å²) in [6.45, 7) is 3.99. The molecule has 5 rings (SSSR count). The Bertz CT molecular complexity index is 1090. The van der Waals surface area contributed by atoms with Gasteiger partial charge in [0, 0.05) is 50.7 Å². The molecule has 36 heavy (non-hydrogen) atoms. The summed E-state index contributed by atoms with van der Waals surface area (Å²) >= 11 is 0. The minimum atomic E-state index is -3.58. The first-order valence-corrected chi connectivity index (χ1v) is 16.5. The van der Waals surface area contributed by atoms with Gasteiger partial charge in [-0.05, 0) is 57.8 Å². The van der Waals surface area contributed by atoms with Crippen LogP contribution in [0.5, 0.6) is 0 Å². The zero-order valence-electron chi connectivity index (χ0n) is 21.2. The van der Waals surface area contributed by atoms with Gasteiger partial charge in [-0.15, -0.1) is 0 Å². The molecular weight excluding hydrogens is 506 g/mol. The summed E-state index contributed by atoms with van der Waals surface area (Å²) in [5.41, 5.74) is 2.84. The average Bonchev–Trinajstić information content (AvgIpc) is 3.38. The first kappa shape index (κ1) is 26.3. The number of hydrogen-bond acceptors (Lipinski definition) is 8. The van der Waals surface area contributed by atoms with E-state index < -0.39 is 31.0 Å². The molecule has 0 radical (unpaired) electrons. The van der Waals surface area contributed by atoms with E-state index >= 15 is 0 Å². The number of imide groups is 1. The molecule has 4 unspecified atom stereocenters. The van der Waals surface area contributed by atoms with E-state index in [0.29, 0.717) is 51.9 Å². The molecule has 4 atom stereocenters. The molecule has 13 heteroatoms. The van der Waals surface area contributed by atoms with Gasteiger partial charge in [-0.2, -0.15) is 0 Å². The summed E-state index contributed by atoms with van der Waals surface area (Å²) < 4.78 is 53.0. The first-order valence-electron chi connectivity index (χ1n) is 13.2. The molecule has 0 aromatic rings. The zero-order chi connectivity index (χ0) is 25.9. The Morgan fingerprint density at radius 3 is 2.36 bits per heavy atom. The molecular formula is C23H39N5O6S2. The number of nitrogens with one attached hydrogen (secondary N) is 2. The van der Waals surface area contributed by atoms with E-state index in [2.05, 4.69) is 10.1 Å². The van der Waals surface area contributed by atoms with E-state index in [0.717, 1.165) is 12.8 Å². The fourth-order valence-electron chi connectivity index (χ4n) is 6.31. The van der Waals surface area contributed by atoms with Crippen molar-refractivity contribution in [1.82, 2.24) is 25.0 Å². The Morgan fingerprint density at radius 1 is 1.06 bits per heavy atom. The first-order chi connectivity index (χ1) is 16.9. The lowest BCUT2D eigenvalue weighted by molar-refractivity contribution is -0.141. The summed E-state index contributed by atoms with van der Waals surface area (Å²) in [4.78, 5) is 30.5. The van der Waals surface area contributed by atoms with E-state index in [1.165, 1.54) is 4.90 Å². The molecule has 204 valence electrons. The van der Waals surface area contributed by atoms with Gasteiger partial charge in [-0.1, -0.05) is 0 Å². The van der Waals surface area contributed by atoms with Crippen LogP contribution in [0.4, 0.5) is 4.79 Å². The number of rotatable bonds is 7. The highest BCUT2D eigenvalue weighted by atomic mass is 32.2. The molecule has 3 aliphatic heterocycles. The van der Waals surface area contributed by atoms with Crippen LogP contribution in [-0.4, -0.2) is 105 Å². The smallest absolute Gasteiger partial charge is 0.320 e. The van der Waals surface area contributed by atoms with Gasteiger partial charge in [-0.25, -0.2) is 31.4 Å². The van der Waals surface area contributed by atoms with Crippen molar-refractivity contribution in [3.63, 3.8) is 0 Å². The Kier molecular flexibility index (Phi) is 6.93. The fraction of sp³-hybridized carbons (Fsp3) is 0.913. The van der Waals surface area contributed by atoms with E-state index in [9.17, 15) is 26.4 Å². The van der Waals surface area contributed by atoms with Gasteiger partial charge in [0.15, 0.2) is 0 Å². The lowest BCUT2D eigenvalue weighted by Crippen LogP contribution is -2.65. The summed E-state index contributed by atoms with van der Waals surface area (Å²) in [6, 6.07) is -0.652. The third-order valence-corrected chi connectivity index (χ3v) is 12.6. The largest absolute Gasteiger partial charge is 0.326 e. The van der Waals surface area contributed by atoms with Gasteiger partial charge in [0.2, 0.25) is 15.9 Å². The van der Waals surface area contributed by atoms with Crippen LogP contribution in [0.3, 0.4) is 0 Å². The van der Waals surface area contributed by atoms with Gasteiger partial charge >= 0.3 is 6.03 Å². The number of hydrogen-bond donors (Lipinski definition) is 2. The molecule has 3 amide bonds. The molecule has 0 bridgehead atoms. The number of sulfone groups is 1. The lowest BCUT2D eigenvalue weighted by Gasteiger charge is -2.49. The number of urea groups is 1. The van der Waals surface area contributed by atoms with Crippen molar-refractivity contribution in [2.75, 3.05) is 44.7 Å². The minimum Gasteiger partial charge on any atom is -0.320 e. The van der Waals surface area contributed by atoms with E-state index in [-0.39, 0.29) is 53.3 Å². The van der Waals surface area contributed by atoms with Crippen LogP contribution in [0.15, 0.2) is 0 Å². The molecule has 5 aliphatic rings. The normalized spacial score (nSPS) is 35.2. The Balaban J connectivity index is 1.36. The molecule has 5 fully saturated rings. The molecule has 0 aromatic heterocycles. The highest BCUT2D eigenvalue weighted by Gasteiger charge is 2.52. The number of fused-ring (bicyclic) bond motifs is 1. The van der Waals surface area contributed by atoms with Crippen molar-refractivity contribution < 1.29 is 26.4 Å². The maximum atomic E-state index is 13.7. The standard InChI is InChI=1S/C23H39N5O6S2/c1-23(7-8-23)25-36(33,34)18-3-4-20-19(11-18)21(29)28(15-17-12-24-26(2)13-17)22(30)27(20)14-16-5-9-35(31,32)10-6-16/h16-20,24-25H,3-15H2,1-2H3. The topological polar surface area (TPSA) is 136 Å². The molecule has 2 saturated carbocycles. The maximum Gasteiger partial charge on any atom is 0.326 e. The predicted octanol–water partition coefficient (Wildman–Crippen LogP) is 0.151. The number of amides is 3. The quantitative estimate of drug-likeness (QED) is 0.462. The van der Waals surface area contributed by atoms with Crippen molar-refractivity contribution in [3.05, 3.63) is 0 Å². The van der Waals surface area contributed by atoms with Crippen LogP contribution in [0.1, 0.15) is 51.9 Å². The van der Waals surface area contributed by atoms with Gasteiger partial charge < -0.3 is 4.90 Å². The number of carbonyl (C=O) groups is 2. The van der Waals surface area contributed by atoms with E-state index in [4.69, 9.17) is 0 Å². The highest BCUT2D eigenvalue weighted by molar-refractivity contribution is 7.91. The highest BCUT2D eigenvalue weighted by Crippen LogP contribution is 2.41. The second-order valence-corrected chi connectivity index (χ2v) is 16.2. The van der Waals surface area contributed by atoms with Gasteiger partial charge in [-0.3, -0.25) is 15.1 Å². The monoisotopic (exact) mass is 545 g/mol. The average molecular weight is 546 g/mol. The molecule has 3 saturated heterocycles. The van der Waals surface area contributed by atoms with Crippen LogP contribution in [-0.2, 0) is 24.7 Å². The van der Waals surface area contributed by atoms with Crippen LogP contribution in [0.2, 0.25) is 0 Å². The van der Waals surface area contributed by atoms with E-state index in [1.807, 2.05) is 19.0 Å². The molecule has 0 spiro atoms. The third kappa shape index (κ3) is 5.45. The third-order valence-electron chi connectivity index (χ3n) is 8.81. The molecule has 11 nitrogen and oxygen atoms in total. The summed E-state index contributed by atoms with van der Waals surface area (Å²) in [5, 5.41) is 1.29. The zero-order valence-corrected chi connectivity index (χ0v) is 22.8. The second kappa shape index (κ2) is 9.48. The van der Waals surface area contributed by atoms with Crippen LogP contribution < -0.4 is 10.1 Å². The van der Waals surface area contributed by atoms with Gasteiger partial charge in [0.1, 0.15) is 9.84 Å². The lowest BCUT2D eigenvalue weighted by atomic mass is 9.80. The van der Waals surface area contributed by atoms with Crippen molar-refractivity contribution in [2.45, 2.75) is 68.7 Å². The van der Waals surface area contributed by atoms with Crippen molar-refractivity contribution >= 4 is 31.8 Å². The summed E-state index contributed by atoms with van der Waals surface area (Å²) in [6.07, 6.45) is 3.72. The molecule has 2 N–H and O–H groups in total. The summed E-state index contributed by atoms with van der Waals surface area (Å²) in [7, 11) is -4.68. The van der Waals surface area contributed by atoms with Gasteiger partial charge in [0.05, 0.1) is 22.7 Å². The maximum absolute atomic E-state index is 13.7. The van der Waals surface area contributed by atoms with Crippen LogP contribution in [0.25, 0.3) is 0 Å². The van der Waals surface area contributed by atoms with Gasteiger partial charge in [0.25, 0.3) is 0 Å². The minimum absolute atomic E-state index is 0.0606. The fourth-order valence-corrected chi connectivity index (χ4v) is 9.86. The van der Waals surface area contributed by atoms with Crippen LogP contribution in [0, 0.1) is 17.8 Å². The number of hydrazine groups is 1. The predicted molar refractivity (Wildman–Crippen MR) is 134 cm³/mol. The number of sulfonamides is 1. The molecule has 0 aromatic carbocycles. The number of carbonyl (C=O) groups excluding carboxylic acids is 2. The van der Waals surface area contributed by atoms with Crippen molar-refractivity contribution in [3.8, 4) is 0 Å². The molecule has 3 heterocycles. The Hall–Kier alpha value is -1.28. The van der Waals surface area contributed by atoms with E-state index in [1.54, 1.807) is 4.90 Å². The number of nitrogens with zero attached hydrogens (tertiary/aromatic N) is 3. The van der Waals surface area contributed by atoms with Crippen molar-refractivity contribution in [1.29, 1.82) is 0 Å². The second-order valence-electron chi connectivity index (χ2n) is 11.9. The Morgan fingerprint density at radius 2 is 1.75 bits per heavy atom. The summed E-state index contributed by atoms with van der Waals surface area (Å²) in [5.74, 6) is -0.419.